The molecule has 0 saturated heterocycles. The molecule has 0 amide bonds. The van der Waals surface area contributed by atoms with Crippen LogP contribution in [0.5, 0.6) is 0 Å². The lowest BCUT2D eigenvalue weighted by Crippen LogP contribution is -2.14. The van der Waals surface area contributed by atoms with Gasteiger partial charge in [0.25, 0.3) is 0 Å². The number of unbranched alkanes of at least 4 members (excludes halogenated alkanes) is 9. The van der Waals surface area contributed by atoms with Crippen LogP contribution in [-0.4, -0.2) is 5.78 Å². The van der Waals surface area contributed by atoms with E-state index in [0.717, 1.165) is 12.3 Å². The Morgan fingerprint density at radius 1 is 0.762 bits per heavy atom. The summed E-state index contributed by atoms with van der Waals surface area (Å²) in [5, 5.41) is 0. The maximum absolute atomic E-state index is 12.1. The van der Waals surface area contributed by atoms with Crippen molar-refractivity contribution < 1.29 is 4.79 Å². The van der Waals surface area contributed by atoms with E-state index < -0.39 is 0 Å². The molecule has 0 aliphatic heterocycles. The third-order valence-corrected chi connectivity index (χ3v) is 5.29. The van der Waals surface area contributed by atoms with Crippen LogP contribution in [0.3, 0.4) is 0 Å². The summed E-state index contributed by atoms with van der Waals surface area (Å²) in [6, 6.07) is 0. The highest BCUT2D eigenvalue weighted by molar-refractivity contribution is 5.83. The smallest absolute Gasteiger partial charge is 0.136 e. The number of rotatable bonds is 13. The van der Waals surface area contributed by atoms with Crippen LogP contribution in [0.1, 0.15) is 110 Å². The number of carbonyl (C=O) groups excluding carboxylic acids is 1. The van der Waals surface area contributed by atoms with Gasteiger partial charge >= 0.3 is 0 Å². The second-order valence-electron chi connectivity index (χ2n) is 7.13. The van der Waals surface area contributed by atoms with Gasteiger partial charge in [0.1, 0.15) is 5.78 Å². The number of carbonyl (C=O) groups is 1. The monoisotopic (exact) mass is 294 g/mol. The van der Waals surface area contributed by atoms with Crippen LogP contribution in [0.25, 0.3) is 0 Å². The third-order valence-electron chi connectivity index (χ3n) is 5.29. The van der Waals surface area contributed by atoms with Crippen LogP contribution in [0.4, 0.5) is 0 Å². The third kappa shape index (κ3) is 8.02. The van der Waals surface area contributed by atoms with Gasteiger partial charge in [-0.25, -0.2) is 0 Å². The first-order valence-electron chi connectivity index (χ1n) is 9.82. The Kier molecular flexibility index (Phi) is 10.9. The van der Waals surface area contributed by atoms with Crippen LogP contribution in [0.15, 0.2) is 0 Å². The molecular formula is C20H38O. The molecule has 0 bridgehead atoms. The fraction of sp³-hybridized carbons (Fsp3) is 0.950. The molecule has 124 valence electrons. The highest BCUT2D eigenvalue weighted by atomic mass is 16.1. The first-order chi connectivity index (χ1) is 10.3. The Hall–Kier alpha value is -0.330. The van der Waals surface area contributed by atoms with E-state index in [4.69, 9.17) is 0 Å². The molecule has 2 atom stereocenters. The molecule has 1 saturated carbocycles. The van der Waals surface area contributed by atoms with E-state index in [1.165, 1.54) is 89.9 Å². The van der Waals surface area contributed by atoms with Gasteiger partial charge in [-0.2, -0.15) is 0 Å². The molecule has 1 aliphatic rings. The minimum atomic E-state index is 0.433. The maximum Gasteiger partial charge on any atom is 0.136 e. The Balaban J connectivity index is 2.12. The molecule has 0 aromatic carbocycles. The van der Waals surface area contributed by atoms with Crippen molar-refractivity contribution in [1.82, 2.24) is 0 Å². The van der Waals surface area contributed by atoms with Crippen molar-refractivity contribution in [3.8, 4) is 0 Å². The number of hydrogen-bond acceptors (Lipinski definition) is 1. The van der Waals surface area contributed by atoms with Crippen LogP contribution in [0.2, 0.25) is 0 Å². The van der Waals surface area contributed by atoms with Gasteiger partial charge in [0, 0.05) is 12.3 Å². The van der Waals surface area contributed by atoms with E-state index in [9.17, 15) is 4.79 Å². The zero-order valence-electron chi connectivity index (χ0n) is 14.7. The van der Waals surface area contributed by atoms with Gasteiger partial charge in [-0.3, -0.25) is 4.79 Å². The van der Waals surface area contributed by atoms with Crippen LogP contribution >= 0.6 is 0 Å². The summed E-state index contributed by atoms with van der Waals surface area (Å²) in [5.74, 6) is 1.75. The molecule has 1 fully saturated rings. The molecule has 0 heterocycles. The second kappa shape index (κ2) is 12.2. The minimum absolute atomic E-state index is 0.433. The first-order valence-corrected chi connectivity index (χ1v) is 9.82. The normalized spacial score (nSPS) is 22.1. The van der Waals surface area contributed by atoms with Gasteiger partial charge in [0.15, 0.2) is 0 Å². The van der Waals surface area contributed by atoms with Crippen LogP contribution in [-0.2, 0) is 4.79 Å². The van der Waals surface area contributed by atoms with Gasteiger partial charge < -0.3 is 0 Å². The number of Topliss-reactive ketones (excluding diaryl/α,β-unsaturated/α-hetero) is 1. The summed E-state index contributed by atoms with van der Waals surface area (Å²) in [6.45, 7) is 4.54. The predicted octanol–water partition coefficient (Wildman–Crippen LogP) is 6.69. The van der Waals surface area contributed by atoms with E-state index in [0.29, 0.717) is 11.7 Å². The molecule has 0 unspecified atom stereocenters. The van der Waals surface area contributed by atoms with E-state index in [1.54, 1.807) is 0 Å². The van der Waals surface area contributed by atoms with Gasteiger partial charge in [-0.05, 0) is 25.2 Å². The van der Waals surface area contributed by atoms with E-state index >= 15 is 0 Å². The van der Waals surface area contributed by atoms with Crippen molar-refractivity contribution >= 4 is 5.78 Å². The average molecular weight is 295 g/mol. The lowest BCUT2D eigenvalue weighted by atomic mass is 9.86. The zero-order valence-corrected chi connectivity index (χ0v) is 14.7. The second-order valence-corrected chi connectivity index (χ2v) is 7.13. The Morgan fingerprint density at radius 2 is 1.29 bits per heavy atom. The fourth-order valence-corrected chi connectivity index (χ4v) is 3.87. The van der Waals surface area contributed by atoms with Crippen LogP contribution in [0, 0.1) is 11.8 Å². The molecule has 1 rings (SSSR count). The van der Waals surface area contributed by atoms with Crippen molar-refractivity contribution in [3.63, 3.8) is 0 Å². The highest BCUT2D eigenvalue weighted by Gasteiger charge is 2.33. The lowest BCUT2D eigenvalue weighted by Gasteiger charge is -2.18. The van der Waals surface area contributed by atoms with Gasteiger partial charge in [0.05, 0.1) is 0 Å². The average Bonchev–Trinajstić information content (AvgIpc) is 2.83. The standard InChI is InChI=1S/C20H38O/c1-3-5-7-9-11-13-15-19-18(16-17-20(19)21)14-12-10-8-6-4-2/h18-19H,3-17H2,1-2H3/t18-,19+/m0/s1. The molecule has 0 aromatic rings. The SMILES string of the molecule is CCCCCCCC[C@H]1C(=O)CC[C@@H]1CCCCCCC. The largest absolute Gasteiger partial charge is 0.299 e. The molecule has 0 N–H and O–H groups in total. The molecule has 1 nitrogen and oxygen atoms in total. The summed E-state index contributed by atoms with van der Waals surface area (Å²) >= 11 is 0. The molecule has 1 heteroatoms. The molecular weight excluding hydrogens is 256 g/mol. The van der Waals surface area contributed by atoms with Gasteiger partial charge in [0.2, 0.25) is 0 Å². The summed E-state index contributed by atoms with van der Waals surface area (Å²) in [4.78, 5) is 12.1. The molecule has 0 aromatic heterocycles. The highest BCUT2D eigenvalue weighted by Crippen LogP contribution is 2.36. The van der Waals surface area contributed by atoms with Crippen LogP contribution < -0.4 is 0 Å². The number of hydrogen-bond donors (Lipinski definition) is 0. The van der Waals surface area contributed by atoms with Crippen molar-refractivity contribution in [2.75, 3.05) is 0 Å². The summed E-state index contributed by atoms with van der Waals surface area (Å²) in [5.41, 5.74) is 0. The van der Waals surface area contributed by atoms with Gasteiger partial charge in [-0.15, -0.1) is 0 Å². The van der Waals surface area contributed by atoms with Crippen molar-refractivity contribution in [2.45, 2.75) is 110 Å². The minimum Gasteiger partial charge on any atom is -0.299 e. The topological polar surface area (TPSA) is 17.1 Å². The molecule has 0 radical (unpaired) electrons. The zero-order chi connectivity index (χ0) is 15.3. The van der Waals surface area contributed by atoms with Crippen molar-refractivity contribution in [2.24, 2.45) is 11.8 Å². The quantitative estimate of drug-likeness (QED) is 0.346. The molecule has 0 spiro atoms. The number of ketones is 1. The summed E-state index contributed by atoms with van der Waals surface area (Å²) < 4.78 is 0. The predicted molar refractivity (Wildman–Crippen MR) is 92.6 cm³/mol. The Bertz CT molecular complexity index is 259. The van der Waals surface area contributed by atoms with Gasteiger partial charge in [-0.1, -0.05) is 84.5 Å². The summed E-state index contributed by atoms with van der Waals surface area (Å²) in [7, 11) is 0. The Labute approximate surface area is 133 Å². The van der Waals surface area contributed by atoms with E-state index in [-0.39, 0.29) is 0 Å². The molecule has 1 aliphatic carbocycles. The fourth-order valence-electron chi connectivity index (χ4n) is 3.87. The Morgan fingerprint density at radius 3 is 1.90 bits per heavy atom. The lowest BCUT2D eigenvalue weighted by molar-refractivity contribution is -0.121. The van der Waals surface area contributed by atoms with Crippen molar-refractivity contribution in [1.29, 1.82) is 0 Å². The first kappa shape index (κ1) is 18.7. The summed E-state index contributed by atoms with van der Waals surface area (Å²) in [6.07, 6.45) is 19.5. The van der Waals surface area contributed by atoms with E-state index in [1.807, 2.05) is 0 Å². The molecule has 21 heavy (non-hydrogen) atoms. The van der Waals surface area contributed by atoms with E-state index in [2.05, 4.69) is 13.8 Å². The van der Waals surface area contributed by atoms with Crippen molar-refractivity contribution in [3.05, 3.63) is 0 Å². The maximum atomic E-state index is 12.1.